The van der Waals surface area contributed by atoms with Crippen LogP contribution < -0.4 is 5.73 Å². The largest absolute Gasteiger partial charge is 0.391 e. The lowest BCUT2D eigenvalue weighted by Crippen LogP contribution is -2.50. The van der Waals surface area contributed by atoms with Crippen LogP contribution >= 0.6 is 12.4 Å². The number of nitrogens with one attached hydrogen (secondary N) is 1. The van der Waals surface area contributed by atoms with Gasteiger partial charge in [-0.1, -0.05) is 51.1 Å². The fraction of sp³-hybridized carbons (Fsp3) is 0.500. The van der Waals surface area contributed by atoms with Gasteiger partial charge in [0.15, 0.2) is 0 Å². The number of carbonyl (C=O) groups is 1. The SMILES string of the molecule is CC(C)(C)[C@H](N)C(=O)N1C[C@H](O)C[C@H]1c1ncc(Cc2ccccc2)[nH]1.Cl. The molecule has 0 unspecified atom stereocenters. The third-order valence-corrected chi connectivity index (χ3v) is 4.96. The number of β-amino-alcohol motifs (C(OH)–C–C–N with tert-alkyl or cyclic N) is 1. The van der Waals surface area contributed by atoms with Crippen molar-refractivity contribution < 1.29 is 9.90 Å². The number of halogens is 1. The molecular formula is C20H29ClN4O2. The number of likely N-dealkylation sites (tertiary alicyclic amines) is 1. The van der Waals surface area contributed by atoms with Crippen molar-refractivity contribution in [3.63, 3.8) is 0 Å². The van der Waals surface area contributed by atoms with Gasteiger partial charge in [-0.05, 0) is 11.0 Å². The highest BCUT2D eigenvalue weighted by atomic mass is 35.5. The Hall–Kier alpha value is -1.89. The van der Waals surface area contributed by atoms with Gasteiger partial charge < -0.3 is 20.7 Å². The summed E-state index contributed by atoms with van der Waals surface area (Å²) in [5.41, 5.74) is 8.00. The normalized spacial score (nSPS) is 21.0. The van der Waals surface area contributed by atoms with Crippen molar-refractivity contribution in [3.05, 3.63) is 53.6 Å². The van der Waals surface area contributed by atoms with E-state index in [0.717, 1.165) is 12.1 Å². The monoisotopic (exact) mass is 392 g/mol. The number of amides is 1. The van der Waals surface area contributed by atoms with Crippen molar-refractivity contribution in [2.45, 2.75) is 51.8 Å². The summed E-state index contributed by atoms with van der Waals surface area (Å²) in [6, 6.07) is 9.26. The molecule has 0 saturated carbocycles. The van der Waals surface area contributed by atoms with E-state index in [2.05, 4.69) is 22.1 Å². The number of aromatic amines is 1. The third-order valence-electron chi connectivity index (χ3n) is 4.96. The number of hydrogen-bond acceptors (Lipinski definition) is 4. The van der Waals surface area contributed by atoms with Gasteiger partial charge in [-0.15, -0.1) is 12.4 Å². The van der Waals surface area contributed by atoms with Gasteiger partial charge in [-0.25, -0.2) is 4.98 Å². The minimum absolute atomic E-state index is 0. The Kier molecular flexibility index (Phi) is 6.68. The van der Waals surface area contributed by atoms with E-state index < -0.39 is 12.1 Å². The standard InChI is InChI=1S/C20H28N4O2.ClH/c1-20(2,3)17(21)19(26)24-12-15(25)10-16(24)18-22-11-14(23-18)9-13-7-5-4-6-8-13;/h4-8,11,15-17,25H,9-10,12,21H2,1-3H3,(H,22,23);1H/t15-,16+,17-;/m1./s1. The maximum atomic E-state index is 12.9. The van der Waals surface area contributed by atoms with Gasteiger partial charge in [0, 0.05) is 31.3 Å². The number of carbonyl (C=O) groups excluding carboxylic acids is 1. The molecule has 3 rings (SSSR count). The average Bonchev–Trinajstić information content (AvgIpc) is 3.20. The molecule has 1 saturated heterocycles. The van der Waals surface area contributed by atoms with Crippen LogP contribution in [0.15, 0.2) is 36.5 Å². The summed E-state index contributed by atoms with van der Waals surface area (Å²) in [6.07, 6.45) is 2.47. The average molecular weight is 393 g/mol. The second-order valence-corrected chi connectivity index (χ2v) is 8.20. The number of aliphatic hydroxyl groups excluding tert-OH is 1. The van der Waals surface area contributed by atoms with Crippen molar-refractivity contribution in [1.82, 2.24) is 14.9 Å². The number of nitrogens with two attached hydrogens (primary N) is 1. The number of aromatic nitrogens is 2. The number of hydrogen-bond donors (Lipinski definition) is 3. The zero-order chi connectivity index (χ0) is 18.9. The molecule has 7 heteroatoms. The highest BCUT2D eigenvalue weighted by molar-refractivity contribution is 5.85. The van der Waals surface area contributed by atoms with Gasteiger partial charge in [-0.2, -0.15) is 0 Å². The van der Waals surface area contributed by atoms with Crippen molar-refractivity contribution >= 4 is 18.3 Å². The summed E-state index contributed by atoms with van der Waals surface area (Å²) in [6.45, 7) is 6.13. The lowest BCUT2D eigenvalue weighted by Gasteiger charge is -2.32. The minimum Gasteiger partial charge on any atom is -0.391 e. The smallest absolute Gasteiger partial charge is 0.240 e. The summed E-state index contributed by atoms with van der Waals surface area (Å²) in [5.74, 6) is 0.571. The number of benzene rings is 1. The Morgan fingerprint density at radius 3 is 2.67 bits per heavy atom. The van der Waals surface area contributed by atoms with Crippen LogP contribution in [0.25, 0.3) is 0 Å². The molecule has 0 radical (unpaired) electrons. The molecule has 1 aliphatic rings. The molecule has 3 atom stereocenters. The van der Waals surface area contributed by atoms with E-state index in [0.29, 0.717) is 18.8 Å². The molecule has 1 amide bonds. The van der Waals surface area contributed by atoms with Crippen LogP contribution in [0.4, 0.5) is 0 Å². The summed E-state index contributed by atoms with van der Waals surface area (Å²) in [7, 11) is 0. The molecule has 0 aliphatic carbocycles. The van der Waals surface area contributed by atoms with E-state index in [1.54, 1.807) is 11.1 Å². The Morgan fingerprint density at radius 2 is 2.04 bits per heavy atom. The van der Waals surface area contributed by atoms with Gasteiger partial charge in [0.2, 0.25) is 5.91 Å². The van der Waals surface area contributed by atoms with Gasteiger partial charge in [0.05, 0.1) is 18.2 Å². The zero-order valence-electron chi connectivity index (χ0n) is 16.1. The molecule has 6 nitrogen and oxygen atoms in total. The van der Waals surface area contributed by atoms with Gasteiger partial charge in [0.25, 0.3) is 0 Å². The molecule has 2 aromatic rings. The zero-order valence-corrected chi connectivity index (χ0v) is 16.9. The molecule has 0 bridgehead atoms. The van der Waals surface area contributed by atoms with Gasteiger partial charge >= 0.3 is 0 Å². The van der Waals surface area contributed by atoms with E-state index in [4.69, 9.17) is 5.73 Å². The van der Waals surface area contributed by atoms with Crippen molar-refractivity contribution in [3.8, 4) is 0 Å². The molecule has 1 aromatic heterocycles. The second kappa shape index (κ2) is 8.42. The maximum Gasteiger partial charge on any atom is 0.240 e. The minimum atomic E-state index is -0.617. The molecule has 4 N–H and O–H groups in total. The van der Waals surface area contributed by atoms with E-state index in [-0.39, 0.29) is 29.8 Å². The second-order valence-electron chi connectivity index (χ2n) is 8.20. The lowest BCUT2D eigenvalue weighted by molar-refractivity contribution is -0.136. The molecule has 1 fully saturated rings. The molecule has 0 spiro atoms. The molecular weight excluding hydrogens is 364 g/mol. The first-order valence-corrected chi connectivity index (χ1v) is 9.07. The van der Waals surface area contributed by atoms with Crippen LogP contribution in [0.2, 0.25) is 0 Å². The van der Waals surface area contributed by atoms with Crippen molar-refractivity contribution in [2.24, 2.45) is 11.1 Å². The summed E-state index contributed by atoms with van der Waals surface area (Å²) in [5, 5.41) is 10.1. The van der Waals surface area contributed by atoms with Crippen LogP contribution in [-0.4, -0.2) is 44.6 Å². The first-order valence-electron chi connectivity index (χ1n) is 9.07. The Labute approximate surface area is 166 Å². The fourth-order valence-electron chi connectivity index (χ4n) is 3.32. The fourth-order valence-corrected chi connectivity index (χ4v) is 3.32. The maximum absolute atomic E-state index is 12.9. The molecule has 27 heavy (non-hydrogen) atoms. The van der Waals surface area contributed by atoms with Crippen molar-refractivity contribution in [1.29, 1.82) is 0 Å². The quantitative estimate of drug-likeness (QED) is 0.744. The third kappa shape index (κ3) is 4.89. The van der Waals surface area contributed by atoms with E-state index in [1.165, 1.54) is 5.56 Å². The Balaban J connectivity index is 0.00000261. The first-order chi connectivity index (χ1) is 12.3. The number of nitrogens with zero attached hydrogens (tertiary/aromatic N) is 2. The predicted octanol–water partition coefficient (Wildman–Crippen LogP) is 2.43. The summed E-state index contributed by atoms with van der Waals surface area (Å²) in [4.78, 5) is 22.4. The Morgan fingerprint density at radius 1 is 1.37 bits per heavy atom. The summed E-state index contributed by atoms with van der Waals surface area (Å²) < 4.78 is 0. The van der Waals surface area contributed by atoms with E-state index >= 15 is 0 Å². The van der Waals surface area contributed by atoms with Gasteiger partial charge in [-0.3, -0.25) is 4.79 Å². The van der Waals surface area contributed by atoms with Crippen molar-refractivity contribution in [2.75, 3.05) is 6.54 Å². The molecule has 1 aliphatic heterocycles. The van der Waals surface area contributed by atoms with E-state index in [9.17, 15) is 9.90 Å². The molecule has 148 valence electrons. The van der Waals surface area contributed by atoms with Crippen LogP contribution in [0.5, 0.6) is 0 Å². The van der Waals surface area contributed by atoms with Crippen LogP contribution in [0.3, 0.4) is 0 Å². The number of H-pyrrole nitrogens is 1. The van der Waals surface area contributed by atoms with Gasteiger partial charge in [0.1, 0.15) is 5.82 Å². The topological polar surface area (TPSA) is 95.2 Å². The Bertz CT molecular complexity index is 757. The van der Waals surface area contributed by atoms with Crippen LogP contribution in [-0.2, 0) is 11.2 Å². The summed E-state index contributed by atoms with van der Waals surface area (Å²) >= 11 is 0. The first kappa shape index (κ1) is 21.4. The number of aliphatic hydroxyl groups is 1. The number of imidazole rings is 1. The van der Waals surface area contributed by atoms with Crippen LogP contribution in [0, 0.1) is 5.41 Å². The predicted molar refractivity (Wildman–Crippen MR) is 108 cm³/mol. The highest BCUT2D eigenvalue weighted by Gasteiger charge is 2.41. The number of rotatable bonds is 4. The lowest BCUT2D eigenvalue weighted by atomic mass is 9.86. The van der Waals surface area contributed by atoms with Crippen LogP contribution in [0.1, 0.15) is 50.3 Å². The molecule has 2 heterocycles. The van der Waals surface area contributed by atoms with E-state index in [1.807, 2.05) is 39.0 Å². The molecule has 1 aromatic carbocycles. The highest BCUT2D eigenvalue weighted by Crippen LogP contribution is 2.33.